The highest BCUT2D eigenvalue weighted by Crippen LogP contribution is 2.21. The summed E-state index contributed by atoms with van der Waals surface area (Å²) in [6, 6.07) is 16.5. The van der Waals surface area contributed by atoms with Crippen LogP contribution in [-0.4, -0.2) is 52.0 Å². The van der Waals surface area contributed by atoms with E-state index in [1.54, 1.807) is 24.4 Å². The van der Waals surface area contributed by atoms with Crippen molar-refractivity contribution in [2.45, 2.75) is 13.0 Å². The smallest absolute Gasteiger partial charge is 0.261 e. The predicted octanol–water partition coefficient (Wildman–Crippen LogP) is 2.80. The summed E-state index contributed by atoms with van der Waals surface area (Å²) in [6.45, 7) is 3.31. The third-order valence-corrected chi connectivity index (χ3v) is 5.77. The van der Waals surface area contributed by atoms with Crippen molar-refractivity contribution in [3.8, 4) is 0 Å². The molecule has 3 heterocycles. The van der Waals surface area contributed by atoms with Gasteiger partial charge in [0, 0.05) is 43.5 Å². The fourth-order valence-electron chi connectivity index (χ4n) is 3.91. The quantitative estimate of drug-likeness (QED) is 0.423. The van der Waals surface area contributed by atoms with E-state index in [0.29, 0.717) is 35.6 Å². The molecule has 1 amide bonds. The molecule has 0 spiro atoms. The van der Waals surface area contributed by atoms with Gasteiger partial charge in [-0.15, -0.1) is 5.10 Å². The van der Waals surface area contributed by atoms with Crippen molar-refractivity contribution in [2.24, 2.45) is 0 Å². The van der Waals surface area contributed by atoms with Crippen LogP contribution in [0.2, 0.25) is 0 Å². The van der Waals surface area contributed by atoms with Crippen LogP contribution in [0, 0.1) is 0 Å². The molecule has 0 bridgehead atoms. The van der Waals surface area contributed by atoms with Crippen molar-refractivity contribution >= 4 is 39.7 Å². The molecule has 1 saturated heterocycles. The first-order valence-corrected chi connectivity index (χ1v) is 11.4. The van der Waals surface area contributed by atoms with Crippen LogP contribution in [0.3, 0.4) is 0 Å². The molecule has 1 aliphatic rings. The van der Waals surface area contributed by atoms with Gasteiger partial charge in [0.25, 0.3) is 5.56 Å². The van der Waals surface area contributed by atoms with E-state index in [0.717, 1.165) is 24.5 Å². The normalized spacial score (nSPS) is 13.5. The van der Waals surface area contributed by atoms with Gasteiger partial charge in [-0.05, 0) is 36.4 Å². The molecule has 2 aromatic carbocycles. The number of anilines is 4. The maximum absolute atomic E-state index is 12.6. The molecule has 4 aromatic rings. The second-order valence-corrected chi connectivity index (χ2v) is 8.16. The Morgan fingerprint density at radius 2 is 1.80 bits per heavy atom. The van der Waals surface area contributed by atoms with Crippen LogP contribution in [0.15, 0.2) is 71.9 Å². The average molecular weight is 472 g/mol. The van der Waals surface area contributed by atoms with Gasteiger partial charge < -0.3 is 20.3 Å². The topological polar surface area (TPSA) is 114 Å². The lowest BCUT2D eigenvalue weighted by Crippen LogP contribution is -2.36. The van der Waals surface area contributed by atoms with Crippen LogP contribution in [0.25, 0.3) is 10.9 Å². The number of hydrogen-bond donors (Lipinski definition) is 2. The Morgan fingerprint density at radius 3 is 2.63 bits per heavy atom. The zero-order valence-electron chi connectivity index (χ0n) is 19.1. The van der Waals surface area contributed by atoms with Gasteiger partial charge in [-0.3, -0.25) is 14.2 Å². The van der Waals surface area contributed by atoms with Gasteiger partial charge in [-0.2, -0.15) is 5.10 Å². The number of nitrogens with zero attached hydrogens (tertiary/aromatic N) is 5. The molecule has 0 atom stereocenters. The number of hydrogen-bond acceptors (Lipinski definition) is 8. The Hall–Kier alpha value is -4.31. The lowest BCUT2D eigenvalue weighted by atomic mass is 10.2. The van der Waals surface area contributed by atoms with Gasteiger partial charge in [0.1, 0.15) is 0 Å². The summed E-state index contributed by atoms with van der Waals surface area (Å²) in [5.74, 6) is 0.454. The maximum atomic E-state index is 12.6. The molecule has 10 nitrogen and oxygen atoms in total. The molecule has 1 fully saturated rings. The highest BCUT2D eigenvalue weighted by Gasteiger charge is 2.12. The van der Waals surface area contributed by atoms with Crippen molar-refractivity contribution < 1.29 is 9.53 Å². The first-order valence-electron chi connectivity index (χ1n) is 11.4. The Balaban J connectivity index is 1.16. The fourth-order valence-corrected chi connectivity index (χ4v) is 3.91. The Labute approximate surface area is 201 Å². The molecule has 10 heteroatoms. The minimum absolute atomic E-state index is 0.153. The number of morpholine rings is 1. The second kappa shape index (κ2) is 10.3. The molecule has 35 heavy (non-hydrogen) atoms. The van der Waals surface area contributed by atoms with E-state index in [-0.39, 0.29) is 24.4 Å². The number of carbonyl (C=O) groups is 1. The molecule has 0 saturated carbocycles. The summed E-state index contributed by atoms with van der Waals surface area (Å²) in [5, 5.41) is 14.9. The summed E-state index contributed by atoms with van der Waals surface area (Å²) in [5.41, 5.74) is 2.98. The molecule has 0 radical (unpaired) electrons. The zero-order valence-corrected chi connectivity index (χ0v) is 19.1. The average Bonchev–Trinajstić information content (AvgIpc) is 2.90. The minimum Gasteiger partial charge on any atom is -0.378 e. The van der Waals surface area contributed by atoms with Crippen LogP contribution in [-0.2, 0) is 16.1 Å². The number of rotatable bonds is 7. The third kappa shape index (κ3) is 5.44. The largest absolute Gasteiger partial charge is 0.378 e. The number of amides is 1. The molecular weight excluding hydrogens is 446 g/mol. The van der Waals surface area contributed by atoms with Gasteiger partial charge in [-0.1, -0.05) is 12.1 Å². The molecule has 2 aromatic heterocycles. The van der Waals surface area contributed by atoms with E-state index in [9.17, 15) is 9.59 Å². The molecule has 178 valence electrons. The fraction of sp³-hybridized carbons (Fsp3) is 0.240. The lowest BCUT2D eigenvalue weighted by molar-refractivity contribution is -0.116. The van der Waals surface area contributed by atoms with Crippen LogP contribution in [0.1, 0.15) is 6.42 Å². The van der Waals surface area contributed by atoms with Crippen molar-refractivity contribution in [1.82, 2.24) is 19.7 Å². The van der Waals surface area contributed by atoms with E-state index in [2.05, 4.69) is 30.7 Å². The van der Waals surface area contributed by atoms with Crippen molar-refractivity contribution in [2.75, 3.05) is 41.8 Å². The molecule has 2 N–H and O–H groups in total. The van der Waals surface area contributed by atoms with Crippen molar-refractivity contribution in [3.63, 3.8) is 0 Å². The molecule has 5 rings (SSSR count). The maximum Gasteiger partial charge on any atom is 0.261 e. The molecule has 1 aliphatic heterocycles. The van der Waals surface area contributed by atoms with E-state index in [1.165, 1.54) is 10.9 Å². The van der Waals surface area contributed by atoms with E-state index >= 15 is 0 Å². The number of fused-ring (bicyclic) bond motifs is 1. The summed E-state index contributed by atoms with van der Waals surface area (Å²) < 4.78 is 6.86. The number of carbonyl (C=O) groups excluding carboxylic acids is 1. The van der Waals surface area contributed by atoms with Gasteiger partial charge in [0.05, 0.1) is 42.3 Å². The molecular formula is C25H25N7O3. The Bertz CT molecular complexity index is 1380. The van der Waals surface area contributed by atoms with Crippen LogP contribution in [0.4, 0.5) is 22.9 Å². The number of aryl methyl sites for hydroxylation is 1. The van der Waals surface area contributed by atoms with Gasteiger partial charge in [0.2, 0.25) is 5.91 Å². The minimum atomic E-state index is -0.185. The monoisotopic (exact) mass is 471 g/mol. The van der Waals surface area contributed by atoms with E-state index in [1.807, 2.05) is 36.4 Å². The number of benzene rings is 2. The number of para-hydroxylation sites is 1. The van der Waals surface area contributed by atoms with E-state index in [4.69, 9.17) is 4.74 Å². The Kier molecular flexibility index (Phi) is 6.62. The van der Waals surface area contributed by atoms with E-state index < -0.39 is 0 Å². The summed E-state index contributed by atoms with van der Waals surface area (Å²) in [7, 11) is 0. The first-order chi connectivity index (χ1) is 17.2. The molecule has 0 unspecified atom stereocenters. The highest BCUT2D eigenvalue weighted by molar-refractivity contribution is 5.90. The third-order valence-electron chi connectivity index (χ3n) is 5.77. The van der Waals surface area contributed by atoms with Crippen LogP contribution in [0.5, 0.6) is 0 Å². The number of aromatic nitrogens is 4. The van der Waals surface area contributed by atoms with Crippen LogP contribution >= 0.6 is 0 Å². The SMILES string of the molecule is O=C(CCn1cnc2ccccc2c1=O)Nc1ccc(Nc2cc(N3CCOCC3)cnn2)cc1. The zero-order chi connectivity index (χ0) is 24.0. The van der Waals surface area contributed by atoms with Gasteiger partial charge >= 0.3 is 0 Å². The Morgan fingerprint density at radius 1 is 1.03 bits per heavy atom. The van der Waals surface area contributed by atoms with Crippen molar-refractivity contribution in [1.29, 1.82) is 0 Å². The van der Waals surface area contributed by atoms with Crippen molar-refractivity contribution in [3.05, 3.63) is 77.5 Å². The number of ether oxygens (including phenoxy) is 1. The van der Waals surface area contributed by atoms with Gasteiger partial charge in [0.15, 0.2) is 5.82 Å². The summed E-state index contributed by atoms with van der Waals surface area (Å²) in [4.78, 5) is 31.5. The summed E-state index contributed by atoms with van der Waals surface area (Å²) in [6.07, 6.45) is 3.39. The highest BCUT2D eigenvalue weighted by atomic mass is 16.5. The van der Waals surface area contributed by atoms with Gasteiger partial charge in [-0.25, -0.2) is 4.98 Å². The second-order valence-electron chi connectivity index (χ2n) is 8.16. The first kappa shape index (κ1) is 22.5. The standard InChI is InChI=1S/C25H25N7O3/c33-24(9-10-32-17-26-22-4-2-1-3-21(22)25(32)34)29-19-7-5-18(6-8-19)28-23-15-20(16-27-30-23)31-11-13-35-14-12-31/h1-8,15-17H,9-14H2,(H,28,30)(H,29,33). The number of nitrogens with one attached hydrogen (secondary N) is 2. The lowest BCUT2D eigenvalue weighted by Gasteiger charge is -2.28. The molecule has 0 aliphatic carbocycles. The van der Waals surface area contributed by atoms with Crippen LogP contribution < -0.4 is 21.1 Å². The summed E-state index contributed by atoms with van der Waals surface area (Å²) >= 11 is 0. The predicted molar refractivity (Wildman–Crippen MR) is 134 cm³/mol.